The van der Waals surface area contributed by atoms with Crippen LogP contribution in [0.5, 0.6) is 5.75 Å². The van der Waals surface area contributed by atoms with Gasteiger partial charge in [0.05, 0.1) is 28.7 Å². The standard InChI is InChI=1S/C32H28Cl2FN5O3.CH4/c1-43-25-13-24-22(12-18(25)29(36)41)37-30-26-23(9-10-39(24)30)40(14-15-5-6-15)32(27(26)17-3-2-4-20(34)28(17)35)19-8-7-16(33)11-21(19)38-31(32)42;/h2-4,7-8,11-13,15,23,26-27H,5-6,9-10,14H2,1H3,(H2,36,41)(H,38,42);1H4/t23-,26+,27-,32+;/m0./s1. The number of imidazole rings is 1. The molecule has 0 unspecified atom stereocenters. The highest BCUT2D eigenvalue weighted by molar-refractivity contribution is 6.31. The van der Waals surface area contributed by atoms with Crippen molar-refractivity contribution in [3.8, 4) is 5.75 Å². The summed E-state index contributed by atoms with van der Waals surface area (Å²) in [5.74, 6) is -0.850. The smallest absolute Gasteiger partial charge is 0.252 e. The number of hydrogen-bond acceptors (Lipinski definition) is 5. The number of nitrogens with zero attached hydrogens (tertiary/aromatic N) is 3. The number of halogens is 3. The summed E-state index contributed by atoms with van der Waals surface area (Å²) < 4.78 is 23.9. The summed E-state index contributed by atoms with van der Waals surface area (Å²) in [6.07, 6.45) is 2.89. The van der Waals surface area contributed by atoms with Crippen LogP contribution in [0.4, 0.5) is 10.1 Å². The third-order valence-electron chi connectivity index (χ3n) is 9.84. The Bertz CT molecular complexity index is 1870. The van der Waals surface area contributed by atoms with Crippen LogP contribution >= 0.6 is 23.2 Å². The number of primary amides is 1. The van der Waals surface area contributed by atoms with Gasteiger partial charge in [-0.3, -0.25) is 14.5 Å². The molecule has 3 aromatic carbocycles. The Kier molecular flexibility index (Phi) is 6.73. The number of nitrogens with one attached hydrogen (secondary N) is 1. The van der Waals surface area contributed by atoms with E-state index in [0.29, 0.717) is 53.0 Å². The van der Waals surface area contributed by atoms with Gasteiger partial charge in [-0.2, -0.15) is 0 Å². The second-order valence-corrected chi connectivity index (χ2v) is 12.9. The van der Waals surface area contributed by atoms with E-state index in [0.717, 1.165) is 29.7 Å². The molecule has 8 nitrogen and oxygen atoms in total. The summed E-state index contributed by atoms with van der Waals surface area (Å²) in [4.78, 5) is 34.2. The highest BCUT2D eigenvalue weighted by Gasteiger charge is 2.69. The van der Waals surface area contributed by atoms with E-state index in [4.69, 9.17) is 38.7 Å². The van der Waals surface area contributed by atoms with Crippen molar-refractivity contribution in [3.05, 3.63) is 86.9 Å². The average molecular weight is 637 g/mol. The van der Waals surface area contributed by atoms with E-state index in [9.17, 15) is 9.59 Å². The molecule has 4 atom stereocenters. The molecule has 228 valence electrons. The molecule has 0 radical (unpaired) electrons. The van der Waals surface area contributed by atoms with Gasteiger partial charge in [0.2, 0.25) is 5.91 Å². The van der Waals surface area contributed by atoms with Crippen LogP contribution < -0.4 is 15.8 Å². The number of fused-ring (bicyclic) bond motifs is 7. The van der Waals surface area contributed by atoms with Gasteiger partial charge >= 0.3 is 0 Å². The quantitative estimate of drug-likeness (QED) is 0.263. The molecule has 2 amide bonds. The van der Waals surface area contributed by atoms with Crippen molar-refractivity contribution < 1.29 is 18.7 Å². The highest BCUT2D eigenvalue weighted by Crippen LogP contribution is 2.64. The van der Waals surface area contributed by atoms with E-state index in [1.165, 1.54) is 13.2 Å². The lowest BCUT2D eigenvalue weighted by Crippen LogP contribution is -2.53. The summed E-state index contributed by atoms with van der Waals surface area (Å²) in [7, 11) is 1.49. The minimum Gasteiger partial charge on any atom is -0.496 e. The van der Waals surface area contributed by atoms with Crippen molar-refractivity contribution in [1.82, 2.24) is 14.5 Å². The summed E-state index contributed by atoms with van der Waals surface area (Å²) in [6, 6.07) is 13.8. The molecule has 11 heteroatoms. The number of benzene rings is 3. The minimum absolute atomic E-state index is 0. The molecule has 1 spiro atoms. The van der Waals surface area contributed by atoms with Crippen LogP contribution in [-0.4, -0.2) is 46.0 Å². The molecule has 4 aliphatic rings. The molecule has 0 bridgehead atoms. The molecule has 2 fully saturated rings. The second kappa shape index (κ2) is 10.2. The molecular weight excluding hydrogens is 604 g/mol. The van der Waals surface area contributed by atoms with E-state index in [-0.39, 0.29) is 35.9 Å². The molecule has 1 aliphatic carbocycles. The van der Waals surface area contributed by atoms with Crippen molar-refractivity contribution in [2.24, 2.45) is 11.7 Å². The predicted octanol–water partition coefficient (Wildman–Crippen LogP) is 6.44. The number of nitrogens with two attached hydrogens (primary N) is 1. The molecule has 44 heavy (non-hydrogen) atoms. The third kappa shape index (κ3) is 3.88. The van der Waals surface area contributed by atoms with E-state index in [2.05, 4.69) is 14.8 Å². The lowest BCUT2D eigenvalue weighted by molar-refractivity contribution is -0.128. The Morgan fingerprint density at radius 1 is 1.18 bits per heavy atom. The fourth-order valence-electron chi connectivity index (χ4n) is 7.98. The Balaban J connectivity index is 0.00000312. The van der Waals surface area contributed by atoms with E-state index in [1.807, 2.05) is 6.07 Å². The van der Waals surface area contributed by atoms with Crippen LogP contribution in [0.15, 0.2) is 48.5 Å². The summed E-state index contributed by atoms with van der Waals surface area (Å²) in [5, 5.41) is 3.61. The van der Waals surface area contributed by atoms with Crippen molar-refractivity contribution >= 4 is 51.7 Å². The first-order valence-corrected chi connectivity index (χ1v) is 15.2. The third-order valence-corrected chi connectivity index (χ3v) is 10.4. The van der Waals surface area contributed by atoms with Gasteiger partial charge < -0.3 is 20.4 Å². The van der Waals surface area contributed by atoms with Gasteiger partial charge in [0, 0.05) is 53.3 Å². The van der Waals surface area contributed by atoms with Crippen molar-refractivity contribution in [2.45, 2.75) is 56.7 Å². The number of rotatable bonds is 5. The molecule has 8 rings (SSSR count). The first kappa shape index (κ1) is 29.1. The summed E-state index contributed by atoms with van der Waals surface area (Å²) in [5.41, 5.74) is 7.85. The summed E-state index contributed by atoms with van der Waals surface area (Å²) >= 11 is 12.8. The number of hydrogen-bond donors (Lipinski definition) is 2. The zero-order valence-electron chi connectivity index (χ0n) is 23.2. The van der Waals surface area contributed by atoms with Gasteiger partial charge in [-0.05, 0) is 55.0 Å². The zero-order chi connectivity index (χ0) is 29.8. The lowest BCUT2D eigenvalue weighted by Gasteiger charge is -2.40. The van der Waals surface area contributed by atoms with Gasteiger partial charge in [-0.1, -0.05) is 48.8 Å². The fraction of sp³-hybridized carbons (Fsp3) is 0.364. The fourth-order valence-corrected chi connectivity index (χ4v) is 8.33. The van der Waals surface area contributed by atoms with Gasteiger partial charge in [-0.15, -0.1) is 0 Å². The Morgan fingerprint density at radius 3 is 2.70 bits per heavy atom. The van der Waals surface area contributed by atoms with Gasteiger partial charge in [0.1, 0.15) is 22.9 Å². The molecule has 3 aliphatic heterocycles. The van der Waals surface area contributed by atoms with Gasteiger partial charge in [0.15, 0.2) is 0 Å². The molecule has 1 saturated carbocycles. The Labute approximate surface area is 264 Å². The Morgan fingerprint density at radius 2 is 1.98 bits per heavy atom. The van der Waals surface area contributed by atoms with Crippen molar-refractivity contribution in [1.29, 1.82) is 0 Å². The molecule has 1 aromatic heterocycles. The highest BCUT2D eigenvalue weighted by atomic mass is 35.5. The first-order valence-electron chi connectivity index (χ1n) is 14.4. The zero-order valence-corrected chi connectivity index (χ0v) is 24.8. The topological polar surface area (TPSA) is 102 Å². The number of carbonyl (C=O) groups excluding carboxylic acids is 2. The molecule has 4 aromatic rings. The second-order valence-electron chi connectivity index (χ2n) is 12.0. The number of likely N-dealkylation sites (tertiary alicyclic amines) is 1. The monoisotopic (exact) mass is 635 g/mol. The van der Waals surface area contributed by atoms with Crippen molar-refractivity contribution in [2.75, 3.05) is 19.0 Å². The number of carbonyl (C=O) groups is 2. The van der Waals surface area contributed by atoms with Crippen molar-refractivity contribution in [3.63, 3.8) is 0 Å². The summed E-state index contributed by atoms with van der Waals surface area (Å²) in [6.45, 7) is 1.33. The largest absolute Gasteiger partial charge is 0.496 e. The molecule has 4 heterocycles. The maximum absolute atomic E-state index is 16.2. The number of anilines is 1. The molecule has 3 N–H and O–H groups in total. The van der Waals surface area contributed by atoms with Crippen LogP contribution in [0, 0.1) is 11.7 Å². The molecule has 1 saturated heterocycles. The van der Waals surface area contributed by atoms with Gasteiger partial charge in [0.25, 0.3) is 5.91 Å². The number of aryl methyl sites for hydroxylation is 1. The van der Waals surface area contributed by atoms with Crippen LogP contribution in [-0.2, 0) is 16.9 Å². The normalized spacial score (nSPS) is 25.4. The lowest BCUT2D eigenvalue weighted by atomic mass is 9.70. The van der Waals surface area contributed by atoms with Crippen LogP contribution in [0.25, 0.3) is 11.0 Å². The van der Waals surface area contributed by atoms with Crippen LogP contribution in [0.1, 0.15) is 65.8 Å². The Hall–Kier alpha value is -3.66. The van der Waals surface area contributed by atoms with E-state index in [1.54, 1.807) is 36.4 Å². The maximum Gasteiger partial charge on any atom is 0.252 e. The number of ether oxygens (including phenoxy) is 1. The van der Waals surface area contributed by atoms with E-state index < -0.39 is 23.2 Å². The number of methoxy groups -OCH3 is 1. The van der Waals surface area contributed by atoms with E-state index >= 15 is 4.39 Å². The minimum atomic E-state index is -1.22. The van der Waals surface area contributed by atoms with Gasteiger partial charge in [-0.25, -0.2) is 9.37 Å². The van der Waals surface area contributed by atoms with Crippen LogP contribution in [0.2, 0.25) is 10.0 Å². The molecular formula is C33H32Cl2FN5O3. The number of amides is 2. The first-order chi connectivity index (χ1) is 20.7. The number of aromatic nitrogens is 2. The van der Waals surface area contributed by atoms with Crippen LogP contribution in [0.3, 0.4) is 0 Å². The average Bonchev–Trinajstić information content (AvgIpc) is 3.58. The SMILES string of the molecule is C.COc1cc2c(cc1C(N)=O)nc1n2CC[C@H]2[C@@H]1[C@H](c1cccc(Cl)c1F)[C@]1(C(=O)Nc3cc(Cl)ccc31)N2CC1CC1. The maximum atomic E-state index is 16.2. The predicted molar refractivity (Wildman–Crippen MR) is 168 cm³/mol.